The van der Waals surface area contributed by atoms with Crippen molar-refractivity contribution in [1.29, 1.82) is 5.26 Å². The first kappa shape index (κ1) is 21.2. The molecule has 0 bridgehead atoms. The van der Waals surface area contributed by atoms with Gasteiger partial charge in [0.05, 0.1) is 16.1 Å². The van der Waals surface area contributed by atoms with Gasteiger partial charge in [0.1, 0.15) is 17.9 Å². The molecule has 6 nitrogen and oxygen atoms in total. The number of carboxylic acids is 1. The lowest BCUT2D eigenvalue weighted by molar-refractivity contribution is -0.199. The van der Waals surface area contributed by atoms with Crippen molar-refractivity contribution in [3.8, 4) is 11.8 Å². The summed E-state index contributed by atoms with van der Waals surface area (Å²) >= 11 is 6.16. The maximum atomic E-state index is 13.2. The Bertz CT molecular complexity index is 1130. The average Bonchev–Trinajstić information content (AvgIpc) is 3.00. The third kappa shape index (κ3) is 3.16. The van der Waals surface area contributed by atoms with Crippen LogP contribution < -0.4 is 4.74 Å². The van der Waals surface area contributed by atoms with Crippen LogP contribution in [0.4, 0.5) is 0 Å². The summed E-state index contributed by atoms with van der Waals surface area (Å²) in [7, 11) is 0. The van der Waals surface area contributed by atoms with Crippen LogP contribution in [0.25, 0.3) is 0 Å². The van der Waals surface area contributed by atoms with Gasteiger partial charge in [0.25, 0.3) is 5.91 Å². The molecule has 2 aliphatic rings. The van der Waals surface area contributed by atoms with E-state index in [1.165, 1.54) is 6.07 Å². The molecule has 0 unspecified atom stereocenters. The molecule has 1 fully saturated rings. The summed E-state index contributed by atoms with van der Waals surface area (Å²) in [4.78, 5) is 26.3. The number of aromatic carboxylic acids is 1. The van der Waals surface area contributed by atoms with E-state index in [1.54, 1.807) is 30.3 Å². The number of carbonyl (C=O) groups excluding carboxylic acids is 1. The van der Waals surface area contributed by atoms with Crippen LogP contribution in [0.1, 0.15) is 59.5 Å². The van der Waals surface area contributed by atoms with Crippen molar-refractivity contribution in [3.63, 3.8) is 0 Å². The number of amides is 1. The summed E-state index contributed by atoms with van der Waals surface area (Å²) in [6.45, 7) is 8.65. The molecule has 31 heavy (non-hydrogen) atoms. The highest BCUT2D eigenvalue weighted by molar-refractivity contribution is 6.31. The summed E-state index contributed by atoms with van der Waals surface area (Å²) in [5, 5.41) is 18.7. The van der Waals surface area contributed by atoms with E-state index in [4.69, 9.17) is 21.6 Å². The van der Waals surface area contributed by atoms with E-state index in [2.05, 4.69) is 27.7 Å². The van der Waals surface area contributed by atoms with Gasteiger partial charge in [0.15, 0.2) is 0 Å². The number of ether oxygens (including phenoxy) is 1. The lowest BCUT2D eigenvalue weighted by Crippen LogP contribution is -2.74. The molecule has 2 aromatic rings. The van der Waals surface area contributed by atoms with Crippen LogP contribution in [0.2, 0.25) is 5.02 Å². The predicted octanol–water partition coefficient (Wildman–Crippen LogP) is 4.75. The van der Waals surface area contributed by atoms with E-state index in [1.807, 2.05) is 11.0 Å². The number of rotatable bonds is 4. The molecule has 4 rings (SSSR count). The zero-order valence-electron chi connectivity index (χ0n) is 17.8. The minimum absolute atomic E-state index is 0.0852. The summed E-state index contributed by atoms with van der Waals surface area (Å²) < 4.78 is 6.30. The number of nitrogens with zero attached hydrogens (tertiary/aromatic N) is 2. The van der Waals surface area contributed by atoms with Gasteiger partial charge in [-0.25, -0.2) is 4.79 Å². The molecule has 0 aromatic heterocycles. The smallest absolute Gasteiger partial charge is 0.335 e. The maximum absolute atomic E-state index is 13.2. The summed E-state index contributed by atoms with van der Waals surface area (Å²) in [6.07, 6.45) is -0.194. The first-order valence-electron chi connectivity index (χ1n) is 10.0. The monoisotopic (exact) mass is 438 g/mol. The highest BCUT2D eigenvalue weighted by Gasteiger charge is 2.66. The molecule has 1 aliphatic heterocycles. The molecule has 0 spiro atoms. The number of fused-ring (bicyclic) bond motifs is 1. The largest absolute Gasteiger partial charge is 0.489 e. The van der Waals surface area contributed by atoms with E-state index in [0.29, 0.717) is 28.4 Å². The molecule has 1 saturated carbocycles. The zero-order valence-corrected chi connectivity index (χ0v) is 18.5. The fraction of sp³-hybridized carbons (Fsp3) is 0.375. The lowest BCUT2D eigenvalue weighted by atomic mass is 9.49. The Hall–Kier alpha value is -3.04. The third-order valence-electron chi connectivity index (χ3n) is 6.57. The molecule has 1 heterocycles. The minimum Gasteiger partial charge on any atom is -0.489 e. The molecule has 1 aliphatic carbocycles. The second-order valence-corrected chi connectivity index (χ2v) is 9.81. The van der Waals surface area contributed by atoms with Crippen molar-refractivity contribution in [2.24, 2.45) is 10.8 Å². The third-order valence-corrected chi connectivity index (χ3v) is 6.88. The van der Waals surface area contributed by atoms with Gasteiger partial charge in [-0.15, -0.1) is 0 Å². The van der Waals surface area contributed by atoms with Crippen LogP contribution in [-0.2, 0) is 6.54 Å². The predicted molar refractivity (Wildman–Crippen MR) is 115 cm³/mol. The maximum Gasteiger partial charge on any atom is 0.335 e. The van der Waals surface area contributed by atoms with Gasteiger partial charge in [-0.1, -0.05) is 39.3 Å². The van der Waals surface area contributed by atoms with Crippen LogP contribution in [-0.4, -0.2) is 34.0 Å². The minimum atomic E-state index is -1.01. The molecular formula is C24H23ClN2O4. The van der Waals surface area contributed by atoms with E-state index < -0.39 is 5.97 Å². The van der Waals surface area contributed by atoms with Crippen molar-refractivity contribution in [3.05, 3.63) is 63.7 Å². The van der Waals surface area contributed by atoms with Crippen molar-refractivity contribution < 1.29 is 19.4 Å². The van der Waals surface area contributed by atoms with Crippen LogP contribution in [0.3, 0.4) is 0 Å². The second kappa shape index (κ2) is 7.00. The average molecular weight is 439 g/mol. The topological polar surface area (TPSA) is 90.6 Å². The molecular weight excluding hydrogens is 416 g/mol. The molecule has 160 valence electrons. The Labute approximate surface area is 186 Å². The summed E-state index contributed by atoms with van der Waals surface area (Å²) in [5.41, 5.74) is 1.13. The van der Waals surface area contributed by atoms with Gasteiger partial charge >= 0.3 is 5.97 Å². The van der Waals surface area contributed by atoms with Gasteiger partial charge in [-0.2, -0.15) is 5.26 Å². The molecule has 0 radical (unpaired) electrons. The lowest BCUT2D eigenvalue weighted by Gasteiger charge is -2.65. The van der Waals surface area contributed by atoms with E-state index >= 15 is 0 Å². The van der Waals surface area contributed by atoms with E-state index in [-0.39, 0.29) is 34.4 Å². The molecule has 0 atom stereocenters. The summed E-state index contributed by atoms with van der Waals surface area (Å²) in [5.74, 6) is -0.513. The first-order chi connectivity index (χ1) is 14.5. The second-order valence-electron chi connectivity index (χ2n) is 9.41. The Morgan fingerprint density at radius 1 is 1.19 bits per heavy atom. The van der Waals surface area contributed by atoms with Crippen LogP contribution in [0.5, 0.6) is 5.75 Å². The quantitative estimate of drug-likeness (QED) is 0.743. The molecule has 0 saturated heterocycles. The fourth-order valence-corrected chi connectivity index (χ4v) is 5.91. The number of halogens is 1. The number of benzene rings is 2. The standard InChI is InChI=1S/C24H23ClN2O4/c1-23(2)21(27-12-15-9-13(20(29)30)6-8-17(15)19(27)28)24(3,4)22(23)31-16-7-5-14(11-26)18(25)10-16/h5-10,21-22H,12H2,1-4H3,(H,29,30)/t21-,22-. The molecule has 1 N–H and O–H groups in total. The number of nitriles is 1. The highest BCUT2D eigenvalue weighted by Crippen LogP contribution is 2.59. The number of hydrogen-bond acceptors (Lipinski definition) is 4. The zero-order chi connectivity index (χ0) is 22.7. The van der Waals surface area contributed by atoms with Gasteiger partial charge in [0.2, 0.25) is 0 Å². The Morgan fingerprint density at radius 3 is 2.45 bits per heavy atom. The Balaban J connectivity index is 1.60. The Morgan fingerprint density at radius 2 is 1.87 bits per heavy atom. The van der Waals surface area contributed by atoms with Gasteiger partial charge in [0, 0.05) is 35.0 Å². The van der Waals surface area contributed by atoms with E-state index in [0.717, 1.165) is 5.56 Å². The number of carboxylic acid groups (broad SMARTS) is 1. The van der Waals surface area contributed by atoms with Crippen molar-refractivity contribution in [2.75, 3.05) is 0 Å². The Kier molecular flexibility index (Phi) is 4.79. The van der Waals surface area contributed by atoms with Gasteiger partial charge in [-0.05, 0) is 35.9 Å². The van der Waals surface area contributed by atoms with Gasteiger partial charge < -0.3 is 14.7 Å². The van der Waals surface area contributed by atoms with Gasteiger partial charge in [-0.3, -0.25) is 4.79 Å². The highest BCUT2D eigenvalue weighted by atomic mass is 35.5. The van der Waals surface area contributed by atoms with Crippen molar-refractivity contribution >= 4 is 23.5 Å². The SMILES string of the molecule is CC1(C)[C@H](Oc2ccc(C#N)c(Cl)c2)C(C)(C)[C@H]1N1Cc2cc(C(=O)O)ccc2C1=O. The summed E-state index contributed by atoms with van der Waals surface area (Å²) in [6, 6.07) is 11.6. The normalized spacial score (nSPS) is 23.0. The van der Waals surface area contributed by atoms with Crippen LogP contribution in [0.15, 0.2) is 36.4 Å². The number of hydrogen-bond donors (Lipinski definition) is 1. The van der Waals surface area contributed by atoms with Crippen molar-refractivity contribution in [2.45, 2.75) is 46.4 Å². The number of carbonyl (C=O) groups is 2. The first-order valence-corrected chi connectivity index (χ1v) is 10.4. The van der Waals surface area contributed by atoms with Crippen LogP contribution >= 0.6 is 11.6 Å². The van der Waals surface area contributed by atoms with Crippen molar-refractivity contribution in [1.82, 2.24) is 4.90 Å². The van der Waals surface area contributed by atoms with E-state index in [9.17, 15) is 14.7 Å². The molecule has 1 amide bonds. The fourth-order valence-electron chi connectivity index (χ4n) is 5.70. The molecule has 7 heteroatoms. The molecule has 2 aromatic carbocycles. The van der Waals surface area contributed by atoms with Crippen LogP contribution in [0, 0.1) is 22.2 Å².